The first-order valence-corrected chi connectivity index (χ1v) is 4.76. The molecule has 0 amide bonds. The Kier molecular flexibility index (Phi) is 2.46. The van der Waals surface area contributed by atoms with Gasteiger partial charge in [-0.2, -0.15) is 0 Å². The molecule has 0 bridgehead atoms. The minimum atomic E-state index is -0.157. The van der Waals surface area contributed by atoms with Gasteiger partial charge in [0.1, 0.15) is 0 Å². The summed E-state index contributed by atoms with van der Waals surface area (Å²) in [6.45, 7) is 0. The Labute approximate surface area is 78.7 Å². The second-order valence-electron chi connectivity index (χ2n) is 3.57. The average Bonchev–Trinajstić information content (AvgIpc) is 2.19. The average molecular weight is 174 g/mol. The van der Waals surface area contributed by atoms with Gasteiger partial charge < -0.3 is 5.11 Å². The molecule has 1 aromatic carbocycles. The number of rotatable bonds is 1. The van der Waals surface area contributed by atoms with Crippen LogP contribution in [0.1, 0.15) is 24.3 Å². The summed E-state index contributed by atoms with van der Waals surface area (Å²) in [5.74, 6) is 0.407. The fraction of sp³-hybridized carbons (Fsp3) is 0.333. The molecule has 0 saturated heterocycles. The fourth-order valence-electron chi connectivity index (χ4n) is 1.82. The van der Waals surface area contributed by atoms with Crippen molar-refractivity contribution in [3.05, 3.63) is 48.0 Å². The van der Waals surface area contributed by atoms with Crippen LogP contribution in [0.2, 0.25) is 0 Å². The first-order valence-electron chi connectivity index (χ1n) is 4.76. The van der Waals surface area contributed by atoms with Crippen molar-refractivity contribution in [1.29, 1.82) is 0 Å². The van der Waals surface area contributed by atoms with Crippen molar-refractivity contribution in [2.24, 2.45) is 0 Å². The Hall–Kier alpha value is -1.08. The maximum Gasteiger partial charge on any atom is 0.0583 e. The molecule has 1 N–H and O–H groups in total. The van der Waals surface area contributed by atoms with Gasteiger partial charge in [0.15, 0.2) is 0 Å². The van der Waals surface area contributed by atoms with Gasteiger partial charge in [0.2, 0.25) is 0 Å². The van der Waals surface area contributed by atoms with Crippen molar-refractivity contribution in [2.75, 3.05) is 0 Å². The second kappa shape index (κ2) is 3.75. The SMILES string of the molecule is O[C@H]1CC=CC(c2ccccc2)C1. The molecule has 1 aliphatic carbocycles. The number of allylic oxidation sites excluding steroid dienone is 1. The summed E-state index contributed by atoms with van der Waals surface area (Å²) in [5, 5.41) is 9.49. The zero-order chi connectivity index (χ0) is 9.10. The topological polar surface area (TPSA) is 20.2 Å². The highest BCUT2D eigenvalue weighted by Gasteiger charge is 2.16. The van der Waals surface area contributed by atoms with E-state index in [1.54, 1.807) is 0 Å². The number of benzene rings is 1. The van der Waals surface area contributed by atoms with E-state index in [0.29, 0.717) is 5.92 Å². The standard InChI is InChI=1S/C12H14O/c13-12-8-4-7-11(9-12)10-5-2-1-3-6-10/h1-7,11-13H,8-9H2/t11?,12-/m0/s1. The predicted octanol–water partition coefficient (Wildman–Crippen LogP) is 2.48. The van der Waals surface area contributed by atoms with Crippen molar-refractivity contribution in [3.8, 4) is 0 Å². The molecule has 0 heterocycles. The van der Waals surface area contributed by atoms with Crippen LogP contribution in [0.15, 0.2) is 42.5 Å². The smallest absolute Gasteiger partial charge is 0.0583 e. The molecule has 2 atom stereocenters. The lowest BCUT2D eigenvalue weighted by atomic mass is 9.88. The Balaban J connectivity index is 2.18. The summed E-state index contributed by atoms with van der Waals surface area (Å²) >= 11 is 0. The molecule has 0 spiro atoms. The van der Waals surface area contributed by atoms with Gasteiger partial charge in [-0.3, -0.25) is 0 Å². The molecule has 68 valence electrons. The highest BCUT2D eigenvalue weighted by molar-refractivity contribution is 5.25. The van der Waals surface area contributed by atoms with Crippen LogP contribution in [0.3, 0.4) is 0 Å². The van der Waals surface area contributed by atoms with E-state index in [0.717, 1.165) is 12.8 Å². The van der Waals surface area contributed by atoms with Gasteiger partial charge in [0.25, 0.3) is 0 Å². The summed E-state index contributed by atoms with van der Waals surface area (Å²) in [7, 11) is 0. The van der Waals surface area contributed by atoms with Gasteiger partial charge in [0.05, 0.1) is 6.10 Å². The van der Waals surface area contributed by atoms with E-state index in [4.69, 9.17) is 0 Å². The lowest BCUT2D eigenvalue weighted by molar-refractivity contribution is 0.158. The Morgan fingerprint density at radius 3 is 2.62 bits per heavy atom. The van der Waals surface area contributed by atoms with Gasteiger partial charge in [-0.05, 0) is 18.4 Å². The maximum atomic E-state index is 9.49. The molecule has 1 heteroatoms. The first kappa shape index (κ1) is 8.52. The molecule has 0 radical (unpaired) electrons. The molecular weight excluding hydrogens is 160 g/mol. The highest BCUT2D eigenvalue weighted by atomic mass is 16.3. The molecular formula is C12H14O. The van der Waals surface area contributed by atoms with Crippen LogP contribution in [0.25, 0.3) is 0 Å². The van der Waals surface area contributed by atoms with E-state index in [9.17, 15) is 5.11 Å². The molecule has 0 aromatic heterocycles. The zero-order valence-electron chi connectivity index (χ0n) is 7.56. The third kappa shape index (κ3) is 1.99. The van der Waals surface area contributed by atoms with Gasteiger partial charge >= 0.3 is 0 Å². The predicted molar refractivity (Wildman–Crippen MR) is 53.6 cm³/mol. The first-order chi connectivity index (χ1) is 6.36. The van der Waals surface area contributed by atoms with Crippen molar-refractivity contribution in [3.63, 3.8) is 0 Å². The lowest BCUT2D eigenvalue weighted by Gasteiger charge is -2.20. The monoisotopic (exact) mass is 174 g/mol. The minimum Gasteiger partial charge on any atom is -0.393 e. The number of hydrogen-bond donors (Lipinski definition) is 1. The lowest BCUT2D eigenvalue weighted by Crippen LogP contribution is -2.14. The number of aliphatic hydroxyl groups is 1. The van der Waals surface area contributed by atoms with Gasteiger partial charge in [-0.1, -0.05) is 42.5 Å². The summed E-state index contributed by atoms with van der Waals surface area (Å²) in [4.78, 5) is 0. The molecule has 2 rings (SSSR count). The fourth-order valence-corrected chi connectivity index (χ4v) is 1.82. The van der Waals surface area contributed by atoms with Gasteiger partial charge in [-0.25, -0.2) is 0 Å². The van der Waals surface area contributed by atoms with Crippen LogP contribution in [0, 0.1) is 0 Å². The highest BCUT2D eigenvalue weighted by Crippen LogP contribution is 2.27. The molecule has 0 aliphatic heterocycles. The minimum absolute atomic E-state index is 0.157. The molecule has 1 unspecified atom stereocenters. The molecule has 1 nitrogen and oxygen atoms in total. The third-order valence-corrected chi connectivity index (χ3v) is 2.53. The summed E-state index contributed by atoms with van der Waals surface area (Å²) in [6, 6.07) is 10.3. The molecule has 1 aromatic rings. The molecule has 1 aliphatic rings. The zero-order valence-corrected chi connectivity index (χ0v) is 7.56. The normalized spacial score (nSPS) is 27.5. The quantitative estimate of drug-likeness (QED) is 0.648. The third-order valence-electron chi connectivity index (χ3n) is 2.53. The van der Waals surface area contributed by atoms with Crippen LogP contribution in [0.5, 0.6) is 0 Å². The van der Waals surface area contributed by atoms with Crippen molar-refractivity contribution in [1.82, 2.24) is 0 Å². The number of hydrogen-bond acceptors (Lipinski definition) is 1. The Morgan fingerprint density at radius 1 is 1.15 bits per heavy atom. The van der Waals surface area contributed by atoms with Crippen molar-refractivity contribution in [2.45, 2.75) is 24.9 Å². The van der Waals surface area contributed by atoms with Crippen LogP contribution in [-0.2, 0) is 0 Å². The van der Waals surface area contributed by atoms with Crippen LogP contribution in [-0.4, -0.2) is 11.2 Å². The second-order valence-corrected chi connectivity index (χ2v) is 3.57. The van der Waals surface area contributed by atoms with Gasteiger partial charge in [0, 0.05) is 5.92 Å². The van der Waals surface area contributed by atoms with Crippen LogP contribution >= 0.6 is 0 Å². The van der Waals surface area contributed by atoms with Crippen molar-refractivity contribution < 1.29 is 5.11 Å². The largest absolute Gasteiger partial charge is 0.393 e. The van der Waals surface area contributed by atoms with Gasteiger partial charge in [-0.15, -0.1) is 0 Å². The summed E-state index contributed by atoms with van der Waals surface area (Å²) in [6.07, 6.45) is 5.78. The van der Waals surface area contributed by atoms with E-state index in [-0.39, 0.29) is 6.10 Å². The van der Waals surface area contributed by atoms with Crippen LogP contribution < -0.4 is 0 Å². The van der Waals surface area contributed by atoms with E-state index in [1.807, 2.05) is 18.2 Å². The molecule has 0 fully saturated rings. The summed E-state index contributed by atoms with van der Waals surface area (Å²) in [5.41, 5.74) is 1.30. The van der Waals surface area contributed by atoms with Crippen LogP contribution in [0.4, 0.5) is 0 Å². The Morgan fingerprint density at radius 2 is 1.92 bits per heavy atom. The van der Waals surface area contributed by atoms with E-state index < -0.39 is 0 Å². The molecule has 0 saturated carbocycles. The Bertz CT molecular complexity index is 289. The molecule has 13 heavy (non-hydrogen) atoms. The maximum absolute atomic E-state index is 9.49. The number of aliphatic hydroxyl groups excluding tert-OH is 1. The van der Waals surface area contributed by atoms with Crippen molar-refractivity contribution >= 4 is 0 Å². The van der Waals surface area contributed by atoms with E-state index in [2.05, 4.69) is 24.3 Å². The summed E-state index contributed by atoms with van der Waals surface area (Å²) < 4.78 is 0. The van der Waals surface area contributed by atoms with E-state index >= 15 is 0 Å². The van der Waals surface area contributed by atoms with E-state index in [1.165, 1.54) is 5.56 Å².